The maximum atomic E-state index is 15.0. The molecule has 7 N–H and O–H groups in total. The van der Waals surface area contributed by atoms with Gasteiger partial charge in [0.05, 0.1) is 5.69 Å². The molecule has 282 valence electrons. The zero-order valence-electron chi connectivity index (χ0n) is 27.8. The van der Waals surface area contributed by atoms with Crippen molar-refractivity contribution in [2.75, 3.05) is 62.3 Å². The summed E-state index contributed by atoms with van der Waals surface area (Å²) in [6, 6.07) is 12.6. The Labute approximate surface area is 313 Å². The number of urea groups is 1. The molecule has 0 unspecified atom stereocenters. The minimum absolute atomic E-state index is 0. The van der Waals surface area contributed by atoms with E-state index in [0.717, 1.165) is 45.1 Å². The van der Waals surface area contributed by atoms with Gasteiger partial charge in [-0.1, -0.05) is 0 Å². The smallest absolute Gasteiger partial charge is 0.323 e. The van der Waals surface area contributed by atoms with Crippen LogP contribution in [0.3, 0.4) is 0 Å². The average Bonchev–Trinajstić information content (AvgIpc) is 3.87. The molecule has 0 atom stereocenters. The Bertz CT molecular complexity index is 1610. The van der Waals surface area contributed by atoms with Gasteiger partial charge >= 0.3 is 6.03 Å². The van der Waals surface area contributed by atoms with Gasteiger partial charge in [0.25, 0.3) is 0 Å². The van der Waals surface area contributed by atoms with E-state index >= 15 is 4.39 Å². The van der Waals surface area contributed by atoms with Gasteiger partial charge in [-0.05, 0) is 75.2 Å². The molecule has 2 aliphatic heterocycles. The van der Waals surface area contributed by atoms with Gasteiger partial charge < -0.3 is 36.1 Å². The third-order valence-electron chi connectivity index (χ3n) is 8.92. The number of hydrogen-bond donors (Lipinski definition) is 3. The van der Waals surface area contributed by atoms with Crippen molar-refractivity contribution in [3.63, 3.8) is 0 Å². The van der Waals surface area contributed by atoms with Crippen LogP contribution in [0.4, 0.5) is 30.8 Å². The number of likely N-dealkylation sites (N-methyl/N-ethyl adjacent to an activating group) is 1. The van der Waals surface area contributed by atoms with Crippen molar-refractivity contribution < 1.29 is 38.9 Å². The van der Waals surface area contributed by atoms with Crippen molar-refractivity contribution >= 4 is 72.3 Å². The highest BCUT2D eigenvalue weighted by atomic mass is 35.5. The first kappa shape index (κ1) is 45.2. The topological polar surface area (TPSA) is 182 Å². The summed E-state index contributed by atoms with van der Waals surface area (Å²) in [6.45, 7) is 5.60. The fourth-order valence-corrected chi connectivity index (χ4v) is 5.86. The van der Waals surface area contributed by atoms with E-state index in [9.17, 15) is 18.8 Å². The van der Waals surface area contributed by atoms with Crippen LogP contribution in [-0.4, -0.2) is 101 Å². The predicted octanol–water partition coefficient (Wildman–Crippen LogP) is 4.37. The van der Waals surface area contributed by atoms with E-state index in [4.69, 9.17) is 4.74 Å². The molecular weight excluding hydrogens is 735 g/mol. The number of aromatic nitrogens is 1. The molecule has 2 saturated heterocycles. The van der Waals surface area contributed by atoms with Crippen LogP contribution in [-0.2, 0) is 9.59 Å². The molecule has 6 rings (SSSR count). The molecule has 1 aromatic heterocycles. The third kappa shape index (κ3) is 11.1. The van der Waals surface area contributed by atoms with Crippen LogP contribution in [0, 0.1) is 17.0 Å². The summed E-state index contributed by atoms with van der Waals surface area (Å²) in [5, 5.41) is 7.96. The normalized spacial score (nSPS) is 16.6. The van der Waals surface area contributed by atoms with E-state index in [0.29, 0.717) is 49.2 Å². The van der Waals surface area contributed by atoms with Crippen molar-refractivity contribution in [3.05, 3.63) is 72.4 Å². The van der Waals surface area contributed by atoms with Crippen LogP contribution in [0.25, 0.3) is 0 Å². The predicted molar refractivity (Wildman–Crippen MR) is 198 cm³/mol. The monoisotopic (exact) mass is 777 g/mol. The van der Waals surface area contributed by atoms with Crippen LogP contribution in [0.5, 0.6) is 11.5 Å². The van der Waals surface area contributed by atoms with E-state index in [1.807, 2.05) is 0 Å². The number of benzene rings is 2. The maximum absolute atomic E-state index is 15.0. The first-order chi connectivity index (χ1) is 22.2. The van der Waals surface area contributed by atoms with E-state index in [1.54, 1.807) is 17.0 Å². The summed E-state index contributed by atoms with van der Waals surface area (Å²) in [5.41, 5.74) is -1.07. The quantitative estimate of drug-likeness (QED) is 0.284. The summed E-state index contributed by atoms with van der Waals surface area (Å²) in [4.78, 5) is 49.6. The number of rotatable bonds is 8. The van der Waals surface area contributed by atoms with E-state index in [-0.39, 0.29) is 65.6 Å². The third-order valence-corrected chi connectivity index (χ3v) is 8.92. The van der Waals surface area contributed by atoms with Gasteiger partial charge in [0, 0.05) is 69.3 Å². The maximum Gasteiger partial charge on any atom is 0.323 e. The van der Waals surface area contributed by atoms with Crippen molar-refractivity contribution in [2.45, 2.75) is 31.7 Å². The summed E-state index contributed by atoms with van der Waals surface area (Å²) >= 11 is 0. The second-order valence-electron chi connectivity index (χ2n) is 12.1. The molecule has 3 fully saturated rings. The molecule has 3 heterocycles. The van der Waals surface area contributed by atoms with Crippen molar-refractivity contribution in [1.82, 2.24) is 19.7 Å². The highest BCUT2D eigenvalue weighted by Gasteiger charge is 2.56. The number of ether oxygens (including phenoxy) is 1. The number of carbonyl (C=O) groups excluding carboxylic acids is 3. The highest BCUT2D eigenvalue weighted by molar-refractivity contribution is 6.17. The highest BCUT2D eigenvalue weighted by Crippen LogP contribution is 2.47. The Morgan fingerprint density at radius 1 is 0.784 bits per heavy atom. The van der Waals surface area contributed by atoms with Crippen molar-refractivity contribution in [1.29, 1.82) is 0 Å². The van der Waals surface area contributed by atoms with Crippen molar-refractivity contribution in [2.24, 2.45) is 5.41 Å². The molecule has 0 bridgehead atoms. The number of piperidine rings is 1. The summed E-state index contributed by atoms with van der Waals surface area (Å²) in [7, 11) is 2.14. The lowest BCUT2D eigenvalue weighted by Crippen LogP contribution is -2.53. The number of amides is 4. The largest absolute Gasteiger partial charge is 0.457 e. The Kier molecular flexibility index (Phi) is 17.4. The second kappa shape index (κ2) is 19.7. The number of carbonyl (C=O) groups is 3. The number of anilines is 3. The van der Waals surface area contributed by atoms with Crippen LogP contribution in [0.2, 0.25) is 0 Å². The molecule has 0 radical (unpaired) electrons. The van der Waals surface area contributed by atoms with E-state index < -0.39 is 28.9 Å². The van der Waals surface area contributed by atoms with Gasteiger partial charge in [-0.2, -0.15) is 0 Å². The molecule has 2 aromatic carbocycles. The van der Waals surface area contributed by atoms with E-state index in [1.165, 1.54) is 42.6 Å². The molecule has 0 spiro atoms. The van der Waals surface area contributed by atoms with Crippen molar-refractivity contribution in [3.8, 4) is 11.5 Å². The fraction of sp³-hybridized carbons (Fsp3) is 0.394. The second-order valence-corrected chi connectivity index (χ2v) is 12.1. The number of halogens is 5. The van der Waals surface area contributed by atoms with Gasteiger partial charge in [-0.3, -0.25) is 19.8 Å². The van der Waals surface area contributed by atoms with Gasteiger partial charge in [0.2, 0.25) is 11.8 Å². The minimum Gasteiger partial charge on any atom is -0.457 e. The lowest BCUT2D eigenvalue weighted by molar-refractivity contribution is -0.131. The average molecular weight is 779 g/mol. The SMILES string of the molecule is CN1CCN(C2CCN(C(=O)Nc3cc(Oc4ccc(NC(=O)C5(C(=O)Nc6ccc(F)cc6)CC5)c(F)c4)ccn3)CC2)CC1.Cl.Cl.Cl.O.O. The Hall–Kier alpha value is -3.83. The lowest BCUT2D eigenvalue weighted by atomic mass is 10.0. The number of nitrogens with zero attached hydrogens (tertiary/aromatic N) is 4. The Balaban J connectivity index is 0.00000260. The number of likely N-dealkylation sites (tertiary alicyclic amines) is 1. The van der Waals surface area contributed by atoms with Crippen LogP contribution in [0.1, 0.15) is 25.7 Å². The van der Waals surface area contributed by atoms with Gasteiger partial charge in [-0.25, -0.2) is 18.6 Å². The molecule has 3 aliphatic rings. The molecular formula is C33H44Cl3F2N7O6. The van der Waals surface area contributed by atoms with Crippen LogP contribution < -0.4 is 20.7 Å². The number of nitrogens with one attached hydrogen (secondary N) is 3. The summed E-state index contributed by atoms with van der Waals surface area (Å²) in [6.07, 6.45) is 3.97. The zero-order chi connectivity index (χ0) is 32.3. The first-order valence-corrected chi connectivity index (χ1v) is 15.5. The molecule has 18 heteroatoms. The molecule has 4 amide bonds. The number of piperazine rings is 1. The van der Waals surface area contributed by atoms with Gasteiger partial charge in [0.1, 0.15) is 34.4 Å². The first-order valence-electron chi connectivity index (χ1n) is 15.5. The van der Waals surface area contributed by atoms with Gasteiger partial charge in [-0.15, -0.1) is 37.2 Å². The Morgan fingerprint density at radius 2 is 1.39 bits per heavy atom. The van der Waals surface area contributed by atoms with E-state index in [2.05, 4.69) is 37.8 Å². The lowest BCUT2D eigenvalue weighted by Gasteiger charge is -2.42. The standard InChI is InChI=1S/C33H37F2N7O4.3ClH.2H2O/c1-40-16-18-41(19-17-40)24-9-14-42(15-10-24)32(45)39-29-21-26(8-13-36-29)46-25-6-7-28(27(35)20-25)38-31(44)33(11-12-33)30(43)37-23-4-2-22(34)3-5-23;;;;;/h2-8,13,20-21,24H,9-12,14-19H2,1H3,(H,37,43)(H,38,44)(H,36,39,45);3*1H;2*1H2. The molecule has 1 saturated carbocycles. The molecule has 1 aliphatic carbocycles. The van der Waals surface area contributed by atoms with Crippen LogP contribution in [0.15, 0.2) is 60.8 Å². The fourth-order valence-electron chi connectivity index (χ4n) is 5.86. The number of pyridine rings is 1. The molecule has 51 heavy (non-hydrogen) atoms. The Morgan fingerprint density at radius 3 is 2.00 bits per heavy atom. The summed E-state index contributed by atoms with van der Waals surface area (Å²) in [5.74, 6) is -1.54. The van der Waals surface area contributed by atoms with Gasteiger partial charge in [0.15, 0.2) is 0 Å². The minimum atomic E-state index is -1.33. The zero-order valence-corrected chi connectivity index (χ0v) is 30.3. The molecule has 3 aromatic rings. The van der Waals surface area contributed by atoms with Crippen LogP contribution >= 0.6 is 37.2 Å². The summed E-state index contributed by atoms with van der Waals surface area (Å²) < 4.78 is 34.0. The molecule has 13 nitrogen and oxygen atoms in total. The number of hydrogen-bond acceptors (Lipinski definition) is 7.